The van der Waals surface area contributed by atoms with E-state index in [-0.39, 0.29) is 40.2 Å². The topological polar surface area (TPSA) is 155 Å². The van der Waals surface area contributed by atoms with Gasteiger partial charge in [-0.25, -0.2) is 18.4 Å². The number of hydrogen-bond donors (Lipinski definition) is 2. The van der Waals surface area contributed by atoms with Gasteiger partial charge in [0.25, 0.3) is 5.91 Å². The molecule has 190 valence electrons. The van der Waals surface area contributed by atoms with Gasteiger partial charge >= 0.3 is 0 Å². The second kappa shape index (κ2) is 12.6. The molecule has 1 fully saturated rings. The van der Waals surface area contributed by atoms with Crippen LogP contribution in [0, 0.1) is 0 Å². The summed E-state index contributed by atoms with van der Waals surface area (Å²) in [6.07, 6.45) is 5.22. The summed E-state index contributed by atoms with van der Waals surface area (Å²) in [5.41, 5.74) is 5.92. The molecular formula is C23H31N5O6S. The number of nitrogens with two attached hydrogens (primary N) is 1. The van der Waals surface area contributed by atoms with Crippen LogP contribution >= 0.6 is 0 Å². The Labute approximate surface area is 205 Å². The molecule has 2 atom stereocenters. The van der Waals surface area contributed by atoms with Crippen molar-refractivity contribution >= 4 is 33.1 Å². The zero-order valence-electron chi connectivity index (χ0n) is 19.8. The van der Waals surface area contributed by atoms with Gasteiger partial charge in [0, 0.05) is 32.3 Å². The number of anilines is 2. The number of carbonyl (C=O) groups is 1. The Morgan fingerprint density at radius 1 is 1.17 bits per heavy atom. The van der Waals surface area contributed by atoms with Gasteiger partial charge in [-0.2, -0.15) is 0 Å². The second-order valence-corrected chi connectivity index (χ2v) is 10.1. The van der Waals surface area contributed by atoms with Crippen molar-refractivity contribution in [1.82, 2.24) is 9.97 Å². The third-order valence-electron chi connectivity index (χ3n) is 5.41. The van der Waals surface area contributed by atoms with Gasteiger partial charge in [-0.15, -0.1) is 0 Å². The first-order valence-corrected chi connectivity index (χ1v) is 13.0. The van der Waals surface area contributed by atoms with Crippen LogP contribution in [0.15, 0.2) is 46.7 Å². The van der Waals surface area contributed by atoms with E-state index in [0.29, 0.717) is 31.6 Å². The van der Waals surface area contributed by atoms with Crippen LogP contribution in [-0.4, -0.2) is 68.3 Å². The van der Waals surface area contributed by atoms with E-state index in [1.807, 2.05) is 6.92 Å². The summed E-state index contributed by atoms with van der Waals surface area (Å²) < 4.78 is 35.7. The number of methoxy groups -OCH3 is 1. The first-order chi connectivity index (χ1) is 16.8. The maximum Gasteiger partial charge on any atom is 0.279 e. The number of nitrogen functional groups attached to an aromatic ring is 1. The molecule has 12 heteroatoms. The van der Waals surface area contributed by atoms with E-state index in [2.05, 4.69) is 20.4 Å². The molecule has 0 aliphatic heterocycles. The van der Waals surface area contributed by atoms with Gasteiger partial charge in [-0.3, -0.25) is 4.79 Å². The van der Waals surface area contributed by atoms with E-state index in [0.717, 1.165) is 12.8 Å². The third kappa shape index (κ3) is 7.70. The van der Waals surface area contributed by atoms with Crippen molar-refractivity contribution in [2.45, 2.75) is 49.7 Å². The number of hydrogen-bond acceptors (Lipinski definition) is 10. The smallest absolute Gasteiger partial charge is 0.279 e. The molecule has 35 heavy (non-hydrogen) atoms. The number of nitrogens with zero attached hydrogens (tertiary/aromatic N) is 3. The summed E-state index contributed by atoms with van der Waals surface area (Å²) in [7, 11) is -1.96. The lowest BCUT2D eigenvalue weighted by Gasteiger charge is -2.12. The highest BCUT2D eigenvalue weighted by Crippen LogP contribution is 2.25. The van der Waals surface area contributed by atoms with Crippen LogP contribution in [0.25, 0.3) is 0 Å². The largest absolute Gasteiger partial charge is 0.392 e. The van der Waals surface area contributed by atoms with Crippen molar-refractivity contribution in [3.05, 3.63) is 42.2 Å². The second-order valence-electron chi connectivity index (χ2n) is 8.03. The summed E-state index contributed by atoms with van der Waals surface area (Å²) in [6.45, 7) is 2.92. The summed E-state index contributed by atoms with van der Waals surface area (Å²) in [6, 6.07) is 5.95. The SMILES string of the molecule is CCO[C@@H]1CC[C@@H](ON=C(C(=O)Nc2cnc(N)cn2)c2ccc(S(=O)(=O)CCCOC)cc2)C1. The van der Waals surface area contributed by atoms with Gasteiger partial charge in [0.05, 0.1) is 29.1 Å². The summed E-state index contributed by atoms with van der Waals surface area (Å²) in [5.74, 6) is -0.221. The van der Waals surface area contributed by atoms with Gasteiger partial charge in [0.15, 0.2) is 21.4 Å². The first kappa shape index (κ1) is 26.5. The van der Waals surface area contributed by atoms with E-state index in [1.165, 1.54) is 43.8 Å². The summed E-state index contributed by atoms with van der Waals surface area (Å²) in [5, 5.41) is 6.76. The van der Waals surface area contributed by atoms with E-state index in [1.54, 1.807) is 0 Å². The fraction of sp³-hybridized carbons (Fsp3) is 0.478. The standard InChI is InChI=1S/C23H31N5O6S/c1-3-33-17-7-8-18(13-17)34-28-22(23(29)27-21-15-25-20(24)14-26-21)16-5-9-19(10-6-16)35(30,31)12-4-11-32-2/h5-6,9-10,14-15,17-18H,3-4,7-8,11-13H2,1-2H3,(H2,24,25)(H,26,27,29)/t17-,18-/m1/s1. The van der Waals surface area contributed by atoms with Crippen LogP contribution in [0.3, 0.4) is 0 Å². The van der Waals surface area contributed by atoms with Crippen molar-refractivity contribution < 1.29 is 27.5 Å². The lowest BCUT2D eigenvalue weighted by Crippen LogP contribution is -2.25. The highest BCUT2D eigenvalue weighted by atomic mass is 32.2. The first-order valence-electron chi connectivity index (χ1n) is 11.4. The van der Waals surface area contributed by atoms with E-state index >= 15 is 0 Å². The quantitative estimate of drug-likeness (QED) is 0.251. The number of ether oxygens (including phenoxy) is 2. The van der Waals surface area contributed by atoms with Gasteiger partial charge in [-0.1, -0.05) is 17.3 Å². The number of carbonyl (C=O) groups excluding carboxylic acids is 1. The molecule has 1 aliphatic carbocycles. The molecule has 1 aliphatic rings. The van der Waals surface area contributed by atoms with Gasteiger partial charge < -0.3 is 25.4 Å². The molecule has 1 saturated carbocycles. The van der Waals surface area contributed by atoms with Gasteiger partial charge in [0.1, 0.15) is 11.9 Å². The van der Waals surface area contributed by atoms with Crippen LogP contribution in [0.1, 0.15) is 38.2 Å². The summed E-state index contributed by atoms with van der Waals surface area (Å²) in [4.78, 5) is 26.8. The summed E-state index contributed by atoms with van der Waals surface area (Å²) >= 11 is 0. The van der Waals surface area contributed by atoms with Gasteiger partial charge in [-0.05, 0) is 38.3 Å². The highest BCUT2D eigenvalue weighted by Gasteiger charge is 2.27. The molecule has 0 radical (unpaired) electrons. The molecule has 0 bridgehead atoms. The molecule has 0 saturated heterocycles. The average molecular weight is 506 g/mol. The van der Waals surface area contributed by atoms with Crippen LogP contribution in [0.4, 0.5) is 11.6 Å². The maximum atomic E-state index is 13.0. The van der Waals surface area contributed by atoms with Crippen LogP contribution in [0.5, 0.6) is 0 Å². The number of nitrogens with one attached hydrogen (secondary N) is 1. The van der Waals surface area contributed by atoms with Crippen LogP contribution in [0.2, 0.25) is 0 Å². The number of benzene rings is 1. The zero-order chi connectivity index (χ0) is 25.3. The lowest BCUT2D eigenvalue weighted by molar-refractivity contribution is -0.110. The normalized spacial score (nSPS) is 18.4. The average Bonchev–Trinajstić information content (AvgIpc) is 3.29. The molecule has 1 heterocycles. The number of oxime groups is 1. The molecule has 1 amide bonds. The minimum absolute atomic E-state index is 0.0215. The molecule has 2 aromatic rings. The number of rotatable bonds is 12. The van der Waals surface area contributed by atoms with Gasteiger partial charge in [0.2, 0.25) is 0 Å². The van der Waals surface area contributed by atoms with Crippen LogP contribution in [-0.2, 0) is 28.9 Å². The van der Waals surface area contributed by atoms with Crippen molar-refractivity contribution in [2.24, 2.45) is 5.16 Å². The molecule has 0 spiro atoms. The van der Waals surface area contributed by atoms with E-state index in [4.69, 9.17) is 20.0 Å². The number of sulfone groups is 1. The maximum absolute atomic E-state index is 13.0. The Bertz CT molecular complexity index is 1110. The van der Waals surface area contributed by atoms with Crippen molar-refractivity contribution in [2.75, 3.05) is 37.1 Å². The van der Waals surface area contributed by atoms with Crippen molar-refractivity contribution in [1.29, 1.82) is 0 Å². The van der Waals surface area contributed by atoms with Crippen LogP contribution < -0.4 is 11.1 Å². The zero-order valence-corrected chi connectivity index (χ0v) is 20.7. The molecule has 1 aromatic carbocycles. The third-order valence-corrected chi connectivity index (χ3v) is 7.23. The Balaban J connectivity index is 1.80. The fourth-order valence-corrected chi connectivity index (χ4v) is 4.93. The highest BCUT2D eigenvalue weighted by molar-refractivity contribution is 7.91. The van der Waals surface area contributed by atoms with Crippen molar-refractivity contribution in [3.63, 3.8) is 0 Å². The Morgan fingerprint density at radius 3 is 2.57 bits per heavy atom. The monoisotopic (exact) mass is 505 g/mol. The molecule has 0 unspecified atom stereocenters. The van der Waals surface area contributed by atoms with Crippen molar-refractivity contribution in [3.8, 4) is 0 Å². The molecule has 3 N–H and O–H groups in total. The Hall–Kier alpha value is -3.09. The molecule has 11 nitrogen and oxygen atoms in total. The number of amides is 1. The molecule has 1 aromatic heterocycles. The minimum atomic E-state index is -3.48. The molecular weight excluding hydrogens is 474 g/mol. The minimum Gasteiger partial charge on any atom is -0.392 e. The van der Waals surface area contributed by atoms with E-state index < -0.39 is 15.7 Å². The fourth-order valence-electron chi connectivity index (χ4n) is 3.65. The number of aromatic nitrogens is 2. The lowest BCUT2D eigenvalue weighted by atomic mass is 10.1. The Kier molecular flexibility index (Phi) is 9.52. The van der Waals surface area contributed by atoms with E-state index in [9.17, 15) is 13.2 Å². The Morgan fingerprint density at radius 2 is 1.91 bits per heavy atom. The molecule has 3 rings (SSSR count). The predicted octanol–water partition coefficient (Wildman–Crippen LogP) is 2.19. The predicted molar refractivity (Wildman–Crippen MR) is 131 cm³/mol.